The van der Waals surface area contributed by atoms with Gasteiger partial charge in [0.15, 0.2) is 5.78 Å². The SMILES string of the molecule is CC(=O)/C(Cl)=C(/C(C)N1CCC(C/C=C\c2ccc(F)cc2)CC1)N(C)C.CC1=CC=C(OC(F)(F)F)C=CC1. The van der Waals surface area contributed by atoms with E-state index in [4.69, 9.17) is 11.6 Å². The fourth-order valence-corrected chi connectivity index (χ4v) is 4.89. The number of alkyl halides is 3. The van der Waals surface area contributed by atoms with Gasteiger partial charge >= 0.3 is 6.36 Å². The number of ketones is 1. The zero-order valence-corrected chi connectivity index (χ0v) is 24.5. The Bertz CT molecular complexity index is 1130. The van der Waals surface area contributed by atoms with E-state index in [-0.39, 0.29) is 23.4 Å². The van der Waals surface area contributed by atoms with E-state index in [0.717, 1.165) is 49.2 Å². The molecule has 220 valence electrons. The van der Waals surface area contributed by atoms with Gasteiger partial charge in [0, 0.05) is 27.1 Å². The van der Waals surface area contributed by atoms with Crippen LogP contribution in [0.5, 0.6) is 0 Å². The second-order valence-electron chi connectivity index (χ2n) is 10.2. The maximum Gasteiger partial charge on any atom is 0.573 e. The van der Waals surface area contributed by atoms with E-state index >= 15 is 0 Å². The number of likely N-dealkylation sites (tertiary alicyclic amines) is 1. The van der Waals surface area contributed by atoms with E-state index in [0.29, 0.717) is 17.4 Å². The summed E-state index contributed by atoms with van der Waals surface area (Å²) in [6.07, 6.45) is 9.45. The van der Waals surface area contributed by atoms with Crippen LogP contribution in [-0.2, 0) is 9.53 Å². The van der Waals surface area contributed by atoms with Gasteiger partial charge in [0.2, 0.25) is 0 Å². The molecule has 1 unspecified atom stereocenters. The predicted octanol–water partition coefficient (Wildman–Crippen LogP) is 8.24. The molecule has 9 heteroatoms. The minimum Gasteiger partial charge on any atom is -0.406 e. The van der Waals surface area contributed by atoms with Gasteiger partial charge in [-0.25, -0.2) is 4.39 Å². The molecule has 0 N–H and O–H groups in total. The first-order valence-corrected chi connectivity index (χ1v) is 13.7. The third-order valence-corrected chi connectivity index (χ3v) is 7.21. The summed E-state index contributed by atoms with van der Waals surface area (Å²) in [7, 11) is 3.87. The smallest absolute Gasteiger partial charge is 0.406 e. The summed E-state index contributed by atoms with van der Waals surface area (Å²) in [6.45, 7) is 7.47. The van der Waals surface area contributed by atoms with E-state index < -0.39 is 6.36 Å². The van der Waals surface area contributed by atoms with Gasteiger partial charge in [-0.2, -0.15) is 0 Å². The van der Waals surface area contributed by atoms with E-state index in [2.05, 4.69) is 28.7 Å². The minimum atomic E-state index is -4.61. The molecule has 1 fully saturated rings. The van der Waals surface area contributed by atoms with Crippen LogP contribution >= 0.6 is 11.6 Å². The van der Waals surface area contributed by atoms with Gasteiger partial charge < -0.3 is 9.64 Å². The molecule has 1 aromatic rings. The van der Waals surface area contributed by atoms with Gasteiger partial charge in [-0.05, 0) is 88.4 Å². The van der Waals surface area contributed by atoms with Crippen molar-refractivity contribution in [2.24, 2.45) is 5.92 Å². The fourth-order valence-electron chi connectivity index (χ4n) is 4.56. The molecular weight excluding hydrogens is 544 g/mol. The quantitative estimate of drug-likeness (QED) is 0.228. The third kappa shape index (κ3) is 11.7. The van der Waals surface area contributed by atoms with Crippen LogP contribution in [0.1, 0.15) is 52.0 Å². The van der Waals surface area contributed by atoms with Gasteiger partial charge in [0.1, 0.15) is 16.6 Å². The summed E-state index contributed by atoms with van der Waals surface area (Å²) in [5.74, 6) is 0.183. The van der Waals surface area contributed by atoms with Gasteiger partial charge in [-0.1, -0.05) is 53.6 Å². The maximum absolute atomic E-state index is 12.9. The molecule has 0 spiro atoms. The van der Waals surface area contributed by atoms with Crippen molar-refractivity contribution in [3.63, 3.8) is 0 Å². The van der Waals surface area contributed by atoms with Crippen LogP contribution in [-0.4, -0.2) is 55.2 Å². The summed E-state index contributed by atoms with van der Waals surface area (Å²) in [4.78, 5) is 16.1. The van der Waals surface area contributed by atoms with E-state index in [1.165, 1.54) is 31.2 Å². The summed E-state index contributed by atoms with van der Waals surface area (Å²) in [5.41, 5.74) is 2.91. The van der Waals surface area contributed by atoms with Crippen molar-refractivity contribution < 1.29 is 27.1 Å². The highest BCUT2D eigenvalue weighted by Crippen LogP contribution is 2.27. The van der Waals surface area contributed by atoms with Crippen molar-refractivity contribution in [1.29, 1.82) is 0 Å². The average Bonchev–Trinajstić information content (AvgIpc) is 3.08. The number of hydrogen-bond donors (Lipinski definition) is 0. The standard InChI is InChI=1S/C22H30ClFN2O.C9H9F3O/c1-16(22(25(3)4)21(23)17(2)27)26-14-12-19(13-15-26)7-5-6-18-8-10-20(24)11-9-18;1-7-3-2-4-8(6-5-7)13-9(10,11)12/h5-6,8-11,16,19H,7,12-15H2,1-4H3;2,4-6H,3H2,1H3/b6-5-,22-21+;. The number of carbonyl (C=O) groups excluding carboxylic acids is 1. The van der Waals surface area contributed by atoms with E-state index in [1.54, 1.807) is 24.3 Å². The van der Waals surface area contributed by atoms with Crippen LogP contribution in [0.2, 0.25) is 0 Å². The fraction of sp³-hybridized carbons (Fsp3) is 0.452. The van der Waals surface area contributed by atoms with Crippen LogP contribution in [0.4, 0.5) is 17.6 Å². The maximum atomic E-state index is 12.9. The van der Waals surface area contributed by atoms with Gasteiger partial charge in [0.05, 0.1) is 5.70 Å². The lowest BCUT2D eigenvalue weighted by Gasteiger charge is -2.38. The Morgan fingerprint density at radius 3 is 2.35 bits per heavy atom. The lowest BCUT2D eigenvalue weighted by Crippen LogP contribution is -2.43. The lowest BCUT2D eigenvalue weighted by molar-refractivity contribution is -0.303. The Hall–Kier alpha value is -2.84. The van der Waals surface area contributed by atoms with Crippen molar-refractivity contribution >= 4 is 23.5 Å². The van der Waals surface area contributed by atoms with Crippen molar-refractivity contribution in [2.75, 3.05) is 27.2 Å². The number of rotatable bonds is 8. The van der Waals surface area contributed by atoms with Crippen LogP contribution < -0.4 is 0 Å². The third-order valence-electron chi connectivity index (χ3n) is 6.75. The molecule has 1 aliphatic heterocycles. The lowest BCUT2D eigenvalue weighted by atomic mass is 9.92. The predicted molar refractivity (Wildman–Crippen MR) is 154 cm³/mol. The Balaban J connectivity index is 0.000000360. The molecule has 0 radical (unpaired) electrons. The number of hydrogen-bond acceptors (Lipinski definition) is 4. The second kappa shape index (κ2) is 15.8. The molecule has 4 nitrogen and oxygen atoms in total. The van der Waals surface area contributed by atoms with Gasteiger partial charge in [-0.3, -0.25) is 9.69 Å². The van der Waals surface area contributed by atoms with E-state index in [9.17, 15) is 22.4 Å². The second-order valence-corrected chi connectivity index (χ2v) is 10.6. The summed E-state index contributed by atoms with van der Waals surface area (Å²) in [6, 6.07) is 6.68. The molecule has 0 bridgehead atoms. The normalized spacial score (nSPS) is 18.1. The van der Waals surface area contributed by atoms with Gasteiger partial charge in [-0.15, -0.1) is 13.2 Å². The average molecular weight is 583 g/mol. The highest BCUT2D eigenvalue weighted by molar-refractivity contribution is 6.42. The Morgan fingerprint density at radius 1 is 1.18 bits per heavy atom. The van der Waals surface area contributed by atoms with Crippen LogP contribution in [0.25, 0.3) is 6.08 Å². The number of Topliss-reactive ketones (excluding diaryl/α,β-unsaturated/α-hetero) is 1. The molecule has 1 saturated heterocycles. The number of allylic oxidation sites excluding steroid dienone is 7. The Labute approximate surface area is 240 Å². The summed E-state index contributed by atoms with van der Waals surface area (Å²) in [5, 5.41) is 0.330. The summed E-state index contributed by atoms with van der Waals surface area (Å²) < 4.78 is 51.9. The molecule has 40 heavy (non-hydrogen) atoms. The highest BCUT2D eigenvalue weighted by atomic mass is 35.5. The van der Waals surface area contributed by atoms with Crippen molar-refractivity contribution in [2.45, 2.75) is 58.9 Å². The zero-order valence-electron chi connectivity index (χ0n) is 23.8. The first-order chi connectivity index (χ1) is 18.8. The molecule has 3 rings (SSSR count). The molecule has 0 aromatic heterocycles. The highest BCUT2D eigenvalue weighted by Gasteiger charge is 2.31. The molecule has 0 amide bonds. The number of carbonyl (C=O) groups is 1. The Kier molecular flexibility index (Phi) is 13.2. The molecule has 1 atom stereocenters. The number of piperidine rings is 1. The molecule has 1 aromatic carbocycles. The van der Waals surface area contributed by atoms with Crippen molar-refractivity contribution in [3.05, 3.63) is 88.1 Å². The monoisotopic (exact) mass is 582 g/mol. The summed E-state index contributed by atoms with van der Waals surface area (Å²) >= 11 is 6.29. The Morgan fingerprint density at radius 2 is 1.80 bits per heavy atom. The number of nitrogens with zero attached hydrogens (tertiary/aromatic N) is 2. The first kappa shape index (κ1) is 33.4. The van der Waals surface area contributed by atoms with Crippen molar-refractivity contribution in [1.82, 2.24) is 9.80 Å². The minimum absolute atomic E-state index is 0.0898. The molecule has 1 heterocycles. The number of likely N-dealkylation sites (N-methyl/N-ethyl adjacent to an activating group) is 1. The van der Waals surface area contributed by atoms with Crippen molar-refractivity contribution in [3.8, 4) is 0 Å². The molecular formula is C31H39ClF4N2O2. The van der Waals surface area contributed by atoms with E-state index in [1.807, 2.05) is 25.9 Å². The molecule has 1 aliphatic carbocycles. The first-order valence-electron chi connectivity index (χ1n) is 13.3. The van der Waals surface area contributed by atoms with Gasteiger partial charge in [0.25, 0.3) is 0 Å². The number of halogens is 5. The molecule has 0 saturated carbocycles. The van der Waals surface area contributed by atoms with Crippen LogP contribution in [0, 0.1) is 11.7 Å². The topological polar surface area (TPSA) is 32.8 Å². The molecule has 2 aliphatic rings. The zero-order chi connectivity index (χ0) is 29.9. The number of ether oxygens (including phenoxy) is 1. The number of benzene rings is 1. The van der Waals surface area contributed by atoms with Crippen LogP contribution in [0.3, 0.4) is 0 Å². The van der Waals surface area contributed by atoms with Crippen LogP contribution in [0.15, 0.2) is 76.7 Å². The largest absolute Gasteiger partial charge is 0.573 e.